The van der Waals surface area contributed by atoms with E-state index in [4.69, 9.17) is 0 Å². The smallest absolute Gasteiger partial charge is 0.280 e. The van der Waals surface area contributed by atoms with Crippen molar-refractivity contribution in [3.8, 4) is 11.3 Å². The maximum Gasteiger partial charge on any atom is 0.280 e. The molecule has 3 heterocycles. The lowest BCUT2D eigenvalue weighted by Crippen LogP contribution is -2.26. The lowest BCUT2D eigenvalue weighted by Gasteiger charge is -2.17. The highest BCUT2D eigenvalue weighted by Gasteiger charge is 2.24. The molecule has 1 aromatic carbocycles. The topological polar surface area (TPSA) is 68.3 Å². The van der Waals surface area contributed by atoms with Gasteiger partial charge in [0.05, 0.1) is 17.6 Å². The molecule has 9 heteroatoms. The molecule has 0 unspecified atom stereocenters. The van der Waals surface area contributed by atoms with Gasteiger partial charge in [0.25, 0.3) is 12.3 Å². The van der Waals surface area contributed by atoms with E-state index in [-0.39, 0.29) is 22.8 Å². The molecule has 7 nitrogen and oxygen atoms in total. The Morgan fingerprint density at radius 3 is 2.44 bits per heavy atom. The van der Waals surface area contributed by atoms with E-state index in [1.807, 2.05) is 52.1 Å². The van der Waals surface area contributed by atoms with Gasteiger partial charge in [0.15, 0.2) is 5.65 Å². The quantitative estimate of drug-likeness (QED) is 0.467. The average Bonchev–Trinajstić information content (AvgIpc) is 3.29. The second kappa shape index (κ2) is 8.14. The van der Waals surface area contributed by atoms with Gasteiger partial charge in [-0.3, -0.25) is 9.48 Å². The summed E-state index contributed by atoms with van der Waals surface area (Å²) in [4.78, 5) is 19.3. The van der Waals surface area contributed by atoms with Crippen molar-refractivity contribution in [3.63, 3.8) is 0 Å². The van der Waals surface area contributed by atoms with Gasteiger partial charge in [-0.05, 0) is 26.8 Å². The van der Waals surface area contributed by atoms with Crippen molar-refractivity contribution in [2.75, 3.05) is 7.05 Å². The van der Waals surface area contributed by atoms with Gasteiger partial charge in [-0.2, -0.15) is 10.2 Å². The molecule has 4 aromatic rings. The average molecular weight is 438 g/mol. The Morgan fingerprint density at radius 1 is 1.16 bits per heavy atom. The minimum Gasteiger partial charge on any atom is -0.337 e. The molecule has 0 saturated carbocycles. The number of nitrogens with zero attached hydrogens (tertiary/aromatic N) is 6. The fourth-order valence-electron chi connectivity index (χ4n) is 3.73. The van der Waals surface area contributed by atoms with E-state index in [1.165, 1.54) is 17.2 Å². The van der Waals surface area contributed by atoms with Crippen LogP contribution < -0.4 is 0 Å². The van der Waals surface area contributed by atoms with E-state index < -0.39 is 6.43 Å². The number of hydrogen-bond donors (Lipinski definition) is 0. The lowest BCUT2D eigenvalue weighted by molar-refractivity contribution is 0.0786. The van der Waals surface area contributed by atoms with Crippen LogP contribution in [0.25, 0.3) is 16.9 Å². The first kappa shape index (κ1) is 21.6. The SMILES string of the molecule is Cc1ccc(-c2cc(C(F)F)n3ncc(C(=O)N(C)Cc4c(C)nn(C)c4C)c3n2)cc1. The van der Waals surface area contributed by atoms with Gasteiger partial charge in [-0.25, -0.2) is 18.3 Å². The van der Waals surface area contributed by atoms with Crippen LogP contribution in [0.3, 0.4) is 0 Å². The van der Waals surface area contributed by atoms with E-state index >= 15 is 0 Å². The standard InChI is InChI=1S/C23H24F2N6O/c1-13-6-8-16(9-7-13)19-10-20(21(24)25)31-22(27-19)17(11-26-31)23(32)29(4)12-18-14(2)28-30(5)15(18)3/h6-11,21H,12H2,1-5H3. The van der Waals surface area contributed by atoms with Crippen LogP contribution in [-0.4, -0.2) is 42.2 Å². The molecule has 1 amide bonds. The van der Waals surface area contributed by atoms with E-state index in [1.54, 1.807) is 11.7 Å². The molecule has 0 radical (unpaired) electrons. The summed E-state index contributed by atoms with van der Waals surface area (Å²) < 4.78 is 30.4. The summed E-state index contributed by atoms with van der Waals surface area (Å²) >= 11 is 0. The number of halogens is 2. The summed E-state index contributed by atoms with van der Waals surface area (Å²) in [6, 6.07) is 8.73. The summed E-state index contributed by atoms with van der Waals surface area (Å²) in [7, 11) is 3.51. The Morgan fingerprint density at radius 2 is 1.84 bits per heavy atom. The molecule has 0 N–H and O–H groups in total. The third-order valence-corrected chi connectivity index (χ3v) is 5.70. The van der Waals surface area contributed by atoms with Gasteiger partial charge in [-0.1, -0.05) is 29.8 Å². The third-order valence-electron chi connectivity index (χ3n) is 5.70. The molecule has 0 bridgehead atoms. The van der Waals surface area contributed by atoms with Crippen molar-refractivity contribution in [2.24, 2.45) is 7.05 Å². The van der Waals surface area contributed by atoms with Gasteiger partial charge in [0.1, 0.15) is 11.3 Å². The predicted molar refractivity (Wildman–Crippen MR) is 117 cm³/mol. The van der Waals surface area contributed by atoms with Crippen LogP contribution in [0.15, 0.2) is 36.5 Å². The Labute approximate surface area is 184 Å². The molecule has 166 valence electrons. The molecule has 32 heavy (non-hydrogen) atoms. The minimum absolute atomic E-state index is 0.106. The van der Waals surface area contributed by atoms with Gasteiger partial charge in [0.2, 0.25) is 0 Å². The summed E-state index contributed by atoms with van der Waals surface area (Å²) in [5.41, 5.74) is 4.81. The van der Waals surface area contributed by atoms with Crippen LogP contribution >= 0.6 is 0 Å². The van der Waals surface area contributed by atoms with E-state index in [9.17, 15) is 13.6 Å². The fraction of sp³-hybridized carbons (Fsp3) is 0.304. The summed E-state index contributed by atoms with van der Waals surface area (Å²) in [6.07, 6.45) is -1.47. The van der Waals surface area contributed by atoms with E-state index in [0.29, 0.717) is 17.8 Å². The maximum atomic E-state index is 13.8. The van der Waals surface area contributed by atoms with Gasteiger partial charge in [-0.15, -0.1) is 0 Å². The zero-order valence-electron chi connectivity index (χ0n) is 18.6. The third kappa shape index (κ3) is 3.74. The number of carbonyl (C=O) groups excluding carboxylic acids is 1. The molecule has 0 saturated heterocycles. The van der Waals surface area contributed by atoms with Crippen LogP contribution in [0.5, 0.6) is 0 Å². The Hall–Kier alpha value is -3.62. The highest BCUT2D eigenvalue weighted by molar-refractivity contribution is 5.99. The van der Waals surface area contributed by atoms with Crippen LogP contribution in [0, 0.1) is 20.8 Å². The van der Waals surface area contributed by atoms with Crippen molar-refractivity contribution in [1.29, 1.82) is 0 Å². The highest BCUT2D eigenvalue weighted by atomic mass is 19.3. The second-order valence-electron chi connectivity index (χ2n) is 7.96. The number of benzene rings is 1. The number of aromatic nitrogens is 5. The number of alkyl halides is 2. The van der Waals surface area contributed by atoms with Gasteiger partial charge >= 0.3 is 0 Å². The first-order chi connectivity index (χ1) is 15.2. The molecular formula is C23H24F2N6O. The Bertz CT molecular complexity index is 1310. The molecule has 0 spiro atoms. The van der Waals surface area contributed by atoms with Crippen molar-refractivity contribution < 1.29 is 13.6 Å². The first-order valence-electron chi connectivity index (χ1n) is 10.2. The van der Waals surface area contributed by atoms with Crippen LogP contribution in [0.4, 0.5) is 8.78 Å². The molecular weight excluding hydrogens is 414 g/mol. The monoisotopic (exact) mass is 438 g/mol. The Balaban J connectivity index is 1.77. The van der Waals surface area contributed by atoms with Gasteiger partial charge < -0.3 is 4.90 Å². The van der Waals surface area contributed by atoms with E-state index in [2.05, 4.69) is 15.2 Å². The molecule has 4 rings (SSSR count). The summed E-state index contributed by atoms with van der Waals surface area (Å²) in [5, 5.41) is 8.43. The highest BCUT2D eigenvalue weighted by Crippen LogP contribution is 2.27. The Kier molecular flexibility index (Phi) is 5.50. The summed E-state index contributed by atoms with van der Waals surface area (Å²) in [5.74, 6) is -0.351. The maximum absolute atomic E-state index is 13.8. The van der Waals surface area contributed by atoms with Crippen LogP contribution in [0.1, 0.15) is 45.0 Å². The molecule has 0 fully saturated rings. The van der Waals surface area contributed by atoms with Crippen molar-refractivity contribution in [1.82, 2.24) is 29.3 Å². The predicted octanol–water partition coefficient (Wildman–Crippen LogP) is 4.26. The number of amides is 1. The number of carbonyl (C=O) groups is 1. The lowest BCUT2D eigenvalue weighted by atomic mass is 10.1. The molecule has 0 aliphatic carbocycles. The molecule has 0 aliphatic rings. The van der Waals surface area contributed by atoms with Crippen molar-refractivity contribution in [2.45, 2.75) is 33.7 Å². The van der Waals surface area contributed by atoms with Crippen LogP contribution in [-0.2, 0) is 13.6 Å². The van der Waals surface area contributed by atoms with Crippen molar-refractivity contribution >= 4 is 11.6 Å². The number of hydrogen-bond acceptors (Lipinski definition) is 4. The van der Waals surface area contributed by atoms with Crippen molar-refractivity contribution in [3.05, 3.63) is 70.3 Å². The van der Waals surface area contributed by atoms with Gasteiger partial charge in [0, 0.05) is 37.5 Å². The molecule has 0 aliphatic heterocycles. The second-order valence-corrected chi connectivity index (χ2v) is 7.96. The largest absolute Gasteiger partial charge is 0.337 e. The molecule has 0 atom stereocenters. The number of rotatable bonds is 5. The zero-order valence-corrected chi connectivity index (χ0v) is 18.6. The summed E-state index contributed by atoms with van der Waals surface area (Å²) in [6.45, 7) is 6.11. The number of aryl methyl sites for hydroxylation is 3. The zero-order chi connectivity index (χ0) is 23.2. The van der Waals surface area contributed by atoms with E-state index in [0.717, 1.165) is 27.0 Å². The minimum atomic E-state index is -2.77. The fourth-order valence-corrected chi connectivity index (χ4v) is 3.73. The normalized spacial score (nSPS) is 11.5. The van der Waals surface area contributed by atoms with Crippen LogP contribution in [0.2, 0.25) is 0 Å². The first-order valence-corrected chi connectivity index (χ1v) is 10.2. The number of fused-ring (bicyclic) bond motifs is 1. The molecule has 3 aromatic heterocycles.